The minimum absolute atomic E-state index is 0.0953. The Morgan fingerprint density at radius 2 is 1.78 bits per heavy atom. The lowest BCUT2D eigenvalue weighted by atomic mass is 9.92. The lowest BCUT2D eigenvalue weighted by Gasteiger charge is -2.41. The second kappa shape index (κ2) is 14.1. The average Bonchev–Trinajstić information content (AvgIpc) is 3.48. The molecule has 0 N–H and O–H groups in total. The molecule has 7 rings (SSSR count). The molecule has 0 saturated carbocycles. The van der Waals surface area contributed by atoms with Gasteiger partial charge in [0.2, 0.25) is 0 Å². The van der Waals surface area contributed by atoms with Gasteiger partial charge in [-0.25, -0.2) is 9.78 Å². The second-order valence-corrected chi connectivity index (χ2v) is 15.0. The maximum atomic E-state index is 13.4. The number of ether oxygens (including phenoxy) is 4. The van der Waals surface area contributed by atoms with Crippen LogP contribution in [0.2, 0.25) is 0 Å². The van der Waals surface area contributed by atoms with Crippen molar-refractivity contribution in [1.82, 2.24) is 14.6 Å². The molecular formula is C40H52N4O5. The highest BCUT2D eigenvalue weighted by Crippen LogP contribution is 2.40. The van der Waals surface area contributed by atoms with Gasteiger partial charge in [-0.1, -0.05) is 36.2 Å². The lowest BCUT2D eigenvalue weighted by Crippen LogP contribution is -2.46. The lowest BCUT2D eigenvalue weighted by molar-refractivity contribution is -0.164. The number of carbonyl (C=O) groups excluding carboxylic acids is 1. The first kappa shape index (κ1) is 34.9. The Labute approximate surface area is 290 Å². The van der Waals surface area contributed by atoms with Crippen LogP contribution in [0, 0.1) is 13.8 Å². The summed E-state index contributed by atoms with van der Waals surface area (Å²) in [6, 6.07) is 16.9. The molecule has 2 aromatic heterocycles. The maximum Gasteiger partial charge on any atom is 0.339 e. The monoisotopic (exact) mass is 668 g/mol. The number of methoxy groups -OCH3 is 1. The molecule has 4 aromatic rings. The first-order chi connectivity index (χ1) is 23.3. The van der Waals surface area contributed by atoms with E-state index in [1.807, 2.05) is 38.3 Å². The fourth-order valence-electron chi connectivity index (χ4n) is 7.01. The summed E-state index contributed by atoms with van der Waals surface area (Å²) in [5.74, 6) is 1.23. The summed E-state index contributed by atoms with van der Waals surface area (Å²) >= 11 is 0. The fourth-order valence-corrected chi connectivity index (χ4v) is 7.01. The number of hydrogen-bond donors (Lipinski definition) is 0. The molecule has 0 spiro atoms. The summed E-state index contributed by atoms with van der Waals surface area (Å²) in [5, 5.41) is 5.20. The van der Waals surface area contributed by atoms with E-state index >= 15 is 0 Å². The van der Waals surface area contributed by atoms with Crippen LogP contribution < -0.4 is 9.64 Å². The highest BCUT2D eigenvalue weighted by atomic mass is 16.6. The molecule has 2 aromatic carbocycles. The summed E-state index contributed by atoms with van der Waals surface area (Å²) in [4.78, 5) is 20.8. The molecule has 5 heterocycles. The Morgan fingerprint density at radius 1 is 1.02 bits per heavy atom. The molecule has 262 valence electrons. The van der Waals surface area contributed by atoms with E-state index in [2.05, 4.69) is 68.1 Å². The Hall–Kier alpha value is -3.95. The number of benzene rings is 2. The SMILES string of the molecule is COC(=O)C(OC(C)(C)C)c1c(C)nc2cc3nn2c1N1CCC(C)(CC1)OCCCCCC(C)Oc1ccc(C)cc1-c1cccc-3c1. The molecule has 6 bridgehead atoms. The zero-order chi connectivity index (χ0) is 34.9. The third-order valence-corrected chi connectivity index (χ3v) is 9.71. The minimum atomic E-state index is -0.978. The van der Waals surface area contributed by atoms with Gasteiger partial charge in [-0.15, -0.1) is 0 Å². The van der Waals surface area contributed by atoms with Gasteiger partial charge in [-0.3, -0.25) is 0 Å². The van der Waals surface area contributed by atoms with Crippen molar-refractivity contribution < 1.29 is 23.7 Å². The Bertz CT molecular complexity index is 1800. The number of nitrogens with zero attached hydrogens (tertiary/aromatic N) is 4. The predicted octanol–water partition coefficient (Wildman–Crippen LogP) is 8.43. The number of fused-ring (bicyclic) bond motifs is 9. The molecule has 2 unspecified atom stereocenters. The topological polar surface area (TPSA) is 87.4 Å². The summed E-state index contributed by atoms with van der Waals surface area (Å²) in [6.45, 7) is 16.5. The standard InChI is InChI=1S/C40H52N4O5/c1-26-16-17-33-31(23-26)29-14-12-15-30(24-29)32-25-34-41-28(3)35(36(38(45)46-8)49-39(4,5)6)37(44(34)42-32)43-20-18-40(7,19-21-43)47-22-11-9-10-13-27(2)48-33/h12,14-17,23-25,27,36H,9-11,13,18-22H2,1-8H3. The Balaban J connectivity index is 1.53. The van der Waals surface area contributed by atoms with Crippen molar-refractivity contribution in [1.29, 1.82) is 0 Å². The molecule has 0 amide bonds. The van der Waals surface area contributed by atoms with E-state index in [-0.39, 0.29) is 11.7 Å². The smallest absolute Gasteiger partial charge is 0.339 e. The number of aromatic nitrogens is 3. The van der Waals surface area contributed by atoms with Crippen LogP contribution >= 0.6 is 0 Å². The number of anilines is 1. The van der Waals surface area contributed by atoms with Crippen molar-refractivity contribution in [3.05, 3.63) is 65.4 Å². The van der Waals surface area contributed by atoms with Gasteiger partial charge in [0, 0.05) is 42.6 Å². The van der Waals surface area contributed by atoms with Crippen molar-refractivity contribution in [2.45, 2.75) is 110 Å². The zero-order valence-corrected chi connectivity index (χ0v) is 30.5. The van der Waals surface area contributed by atoms with Crippen LogP contribution in [0.25, 0.3) is 28.0 Å². The number of hydrogen-bond acceptors (Lipinski definition) is 8. The van der Waals surface area contributed by atoms with Crippen LogP contribution in [0.5, 0.6) is 5.75 Å². The molecule has 0 aliphatic carbocycles. The van der Waals surface area contributed by atoms with E-state index in [1.54, 1.807) is 0 Å². The van der Waals surface area contributed by atoms with E-state index in [0.29, 0.717) is 16.9 Å². The Kier molecular flexibility index (Phi) is 10.1. The Morgan fingerprint density at radius 3 is 2.51 bits per heavy atom. The van der Waals surface area contributed by atoms with Crippen molar-refractivity contribution in [2.24, 2.45) is 0 Å². The number of rotatable bonds is 3. The van der Waals surface area contributed by atoms with Gasteiger partial charge in [-0.2, -0.15) is 9.61 Å². The molecule has 9 heteroatoms. The predicted molar refractivity (Wildman–Crippen MR) is 193 cm³/mol. The van der Waals surface area contributed by atoms with Crippen molar-refractivity contribution in [2.75, 3.05) is 31.7 Å². The van der Waals surface area contributed by atoms with E-state index in [4.69, 9.17) is 29.0 Å². The fraction of sp³-hybridized carbons (Fsp3) is 0.525. The largest absolute Gasteiger partial charge is 0.490 e. The third kappa shape index (κ3) is 7.78. The summed E-state index contributed by atoms with van der Waals surface area (Å²) in [6.07, 6.45) is 5.00. The van der Waals surface area contributed by atoms with Crippen LogP contribution in [0.1, 0.15) is 96.1 Å². The molecular weight excluding hydrogens is 616 g/mol. The van der Waals surface area contributed by atoms with E-state index in [1.165, 1.54) is 12.7 Å². The average molecular weight is 669 g/mol. The normalized spacial score (nSPS) is 21.1. The highest BCUT2D eigenvalue weighted by molar-refractivity contribution is 5.81. The first-order valence-corrected chi connectivity index (χ1v) is 17.8. The summed E-state index contributed by atoms with van der Waals surface area (Å²) < 4.78 is 26.8. The third-order valence-electron chi connectivity index (χ3n) is 9.71. The van der Waals surface area contributed by atoms with Gasteiger partial charge < -0.3 is 23.8 Å². The van der Waals surface area contributed by atoms with Gasteiger partial charge in [-0.05, 0) is 104 Å². The summed E-state index contributed by atoms with van der Waals surface area (Å²) in [5.41, 5.74) is 6.30. The van der Waals surface area contributed by atoms with Crippen LogP contribution in [0.4, 0.5) is 5.82 Å². The van der Waals surface area contributed by atoms with Gasteiger partial charge in [0.25, 0.3) is 0 Å². The van der Waals surface area contributed by atoms with E-state index in [0.717, 1.165) is 92.2 Å². The van der Waals surface area contributed by atoms with Crippen LogP contribution in [-0.4, -0.2) is 64.7 Å². The first-order valence-electron chi connectivity index (χ1n) is 17.8. The molecule has 9 nitrogen and oxygen atoms in total. The molecule has 49 heavy (non-hydrogen) atoms. The number of piperidine rings is 1. The highest BCUT2D eigenvalue weighted by Gasteiger charge is 2.38. The van der Waals surface area contributed by atoms with E-state index in [9.17, 15) is 4.79 Å². The van der Waals surface area contributed by atoms with Crippen molar-refractivity contribution >= 4 is 17.4 Å². The number of esters is 1. The van der Waals surface area contributed by atoms with Gasteiger partial charge in [0.15, 0.2) is 11.8 Å². The van der Waals surface area contributed by atoms with Crippen LogP contribution in [-0.2, 0) is 19.0 Å². The van der Waals surface area contributed by atoms with Crippen LogP contribution in [0.15, 0.2) is 48.5 Å². The van der Waals surface area contributed by atoms with Gasteiger partial charge in [0.05, 0.1) is 35.7 Å². The molecule has 3 aliphatic rings. The molecule has 2 atom stereocenters. The molecule has 3 aliphatic heterocycles. The zero-order valence-electron chi connectivity index (χ0n) is 30.5. The van der Waals surface area contributed by atoms with E-state index < -0.39 is 17.7 Å². The second-order valence-electron chi connectivity index (χ2n) is 15.0. The van der Waals surface area contributed by atoms with Crippen molar-refractivity contribution in [3.63, 3.8) is 0 Å². The van der Waals surface area contributed by atoms with Crippen LogP contribution in [0.3, 0.4) is 0 Å². The summed E-state index contributed by atoms with van der Waals surface area (Å²) in [7, 11) is 1.40. The van der Waals surface area contributed by atoms with Gasteiger partial charge in [0.1, 0.15) is 11.6 Å². The molecule has 1 fully saturated rings. The van der Waals surface area contributed by atoms with Gasteiger partial charge >= 0.3 is 5.97 Å². The van der Waals surface area contributed by atoms with Crippen molar-refractivity contribution in [3.8, 4) is 28.1 Å². The molecule has 1 saturated heterocycles. The molecule has 0 radical (unpaired) electrons. The maximum absolute atomic E-state index is 13.4. The number of carbonyl (C=O) groups is 1. The quantitative estimate of drug-likeness (QED) is 0.201. The minimum Gasteiger partial charge on any atom is -0.490 e. The number of aryl methyl sites for hydroxylation is 2.